The Morgan fingerprint density at radius 3 is 2.48 bits per heavy atom. The fourth-order valence-corrected chi connectivity index (χ4v) is 5.24. The number of nitrogens with zero attached hydrogens (tertiary/aromatic N) is 1. The van der Waals surface area contributed by atoms with Crippen LogP contribution in [0.2, 0.25) is 0 Å². The molecule has 2 aromatic rings. The molecule has 0 aromatic heterocycles. The molecule has 0 aliphatic carbocycles. The summed E-state index contributed by atoms with van der Waals surface area (Å²) in [5.41, 5.74) is 2.89. The summed E-state index contributed by atoms with van der Waals surface area (Å²) in [6.45, 7) is 1.94. The quantitative estimate of drug-likeness (QED) is 0.598. The summed E-state index contributed by atoms with van der Waals surface area (Å²) in [4.78, 5) is 0.118. The zero-order valence-electron chi connectivity index (χ0n) is 11.7. The van der Waals surface area contributed by atoms with E-state index in [1.807, 2.05) is 43.3 Å². The number of halogens is 1. The third-order valence-corrected chi connectivity index (χ3v) is 6.69. The molecular weight excluding hydrogens is 350 g/mol. The van der Waals surface area contributed by atoms with Gasteiger partial charge < -0.3 is 0 Å². The predicted octanol–water partition coefficient (Wildman–Crippen LogP) is 3.86. The number of benzene rings is 2. The lowest BCUT2D eigenvalue weighted by Crippen LogP contribution is -2.40. The molecule has 1 aliphatic heterocycles. The minimum Gasteiger partial charge on any atom is -0.252 e. The molecule has 0 N–H and O–H groups in total. The molecule has 1 heterocycles. The summed E-state index contributed by atoms with van der Waals surface area (Å²) in [7, 11) is -3.55. The highest BCUT2D eigenvalue weighted by molar-refractivity contribution is 9.09. The lowest BCUT2D eigenvalue weighted by atomic mass is 10.0. The fraction of sp³-hybridized carbons (Fsp3) is 0.250. The minimum atomic E-state index is -3.55. The van der Waals surface area contributed by atoms with Gasteiger partial charge in [0.15, 0.2) is 0 Å². The van der Waals surface area contributed by atoms with E-state index in [1.54, 1.807) is 12.1 Å². The van der Waals surface area contributed by atoms with Crippen molar-refractivity contribution in [2.24, 2.45) is 0 Å². The van der Waals surface area contributed by atoms with Gasteiger partial charge in [-0.05, 0) is 43.5 Å². The Morgan fingerprint density at radius 2 is 1.76 bits per heavy atom. The van der Waals surface area contributed by atoms with Crippen molar-refractivity contribution in [3.8, 4) is 0 Å². The monoisotopic (exact) mass is 365 g/mol. The van der Waals surface area contributed by atoms with E-state index in [2.05, 4.69) is 15.9 Å². The van der Waals surface area contributed by atoms with Crippen molar-refractivity contribution in [2.45, 2.75) is 29.6 Å². The van der Waals surface area contributed by atoms with Crippen LogP contribution in [0.5, 0.6) is 0 Å². The second-order valence-corrected chi connectivity index (χ2v) is 8.09. The second kappa shape index (κ2) is 5.46. The van der Waals surface area contributed by atoms with Gasteiger partial charge in [0.05, 0.1) is 10.6 Å². The van der Waals surface area contributed by atoms with Crippen LogP contribution in [0.3, 0.4) is 0 Å². The molecule has 3 nitrogen and oxygen atoms in total. The highest BCUT2D eigenvalue weighted by atomic mass is 79.9. The van der Waals surface area contributed by atoms with Crippen molar-refractivity contribution >= 4 is 31.6 Å². The van der Waals surface area contributed by atoms with Gasteiger partial charge in [0, 0.05) is 0 Å². The Kier molecular flexibility index (Phi) is 3.80. The van der Waals surface area contributed by atoms with Gasteiger partial charge in [-0.3, -0.25) is 4.31 Å². The molecule has 2 aromatic carbocycles. The number of hydrogen-bond donors (Lipinski definition) is 0. The molecule has 21 heavy (non-hydrogen) atoms. The van der Waals surface area contributed by atoms with Crippen LogP contribution in [-0.4, -0.2) is 13.4 Å². The summed E-state index contributed by atoms with van der Waals surface area (Å²) in [5, 5.41) is 0. The summed E-state index contributed by atoms with van der Waals surface area (Å²) in [5.74, 6) is 0. The van der Waals surface area contributed by atoms with E-state index in [9.17, 15) is 8.42 Å². The van der Waals surface area contributed by atoms with E-state index >= 15 is 0 Å². The third kappa shape index (κ3) is 2.60. The summed E-state index contributed by atoms with van der Waals surface area (Å²) >= 11 is 3.52. The molecule has 0 fully saturated rings. The molecule has 5 heteroatoms. The third-order valence-electron chi connectivity index (χ3n) is 3.71. The van der Waals surface area contributed by atoms with Gasteiger partial charge in [-0.1, -0.05) is 51.8 Å². The Balaban J connectivity index is 2.12. The van der Waals surface area contributed by atoms with E-state index in [0.717, 1.165) is 29.7 Å². The van der Waals surface area contributed by atoms with Crippen molar-refractivity contribution < 1.29 is 8.42 Å². The summed E-state index contributed by atoms with van der Waals surface area (Å²) < 4.78 is 27.4. The van der Waals surface area contributed by atoms with Crippen LogP contribution in [0.1, 0.15) is 17.5 Å². The molecule has 1 aliphatic rings. The number of hydrogen-bond acceptors (Lipinski definition) is 2. The molecule has 0 bridgehead atoms. The Morgan fingerprint density at radius 1 is 1.10 bits per heavy atom. The molecule has 110 valence electrons. The van der Waals surface area contributed by atoms with Gasteiger partial charge in [0.25, 0.3) is 10.0 Å². The maximum absolute atomic E-state index is 13.0. The first kappa shape index (κ1) is 14.6. The highest BCUT2D eigenvalue weighted by Gasteiger charge is 2.34. The fourth-order valence-electron chi connectivity index (χ4n) is 2.58. The number of alkyl halides is 1. The Labute approximate surface area is 133 Å². The summed E-state index contributed by atoms with van der Waals surface area (Å²) in [6, 6.07) is 14.7. The van der Waals surface area contributed by atoms with Crippen molar-refractivity contribution in [1.82, 2.24) is 0 Å². The van der Waals surface area contributed by atoms with Crippen LogP contribution >= 0.6 is 15.9 Å². The molecule has 0 saturated heterocycles. The van der Waals surface area contributed by atoms with Crippen molar-refractivity contribution in [2.75, 3.05) is 4.31 Å². The van der Waals surface area contributed by atoms with Crippen LogP contribution in [0, 0.1) is 6.92 Å². The topological polar surface area (TPSA) is 37.4 Å². The van der Waals surface area contributed by atoms with Crippen LogP contribution in [0.15, 0.2) is 53.4 Å². The van der Waals surface area contributed by atoms with Crippen molar-refractivity contribution in [3.63, 3.8) is 0 Å². The first-order chi connectivity index (χ1) is 10.00. The van der Waals surface area contributed by atoms with Gasteiger partial charge in [-0.15, -0.1) is 0 Å². The van der Waals surface area contributed by atoms with Crippen molar-refractivity contribution in [3.05, 3.63) is 59.7 Å². The van der Waals surface area contributed by atoms with Gasteiger partial charge >= 0.3 is 0 Å². The van der Waals surface area contributed by atoms with E-state index in [1.165, 1.54) is 4.31 Å². The predicted molar refractivity (Wildman–Crippen MR) is 88.3 cm³/mol. The summed E-state index contributed by atoms with van der Waals surface area (Å²) in [6.07, 6.45) is 1.65. The maximum atomic E-state index is 13.0. The Hall–Kier alpha value is -1.33. The normalized spacial score (nSPS) is 18.4. The molecule has 0 spiro atoms. The average Bonchev–Trinajstić information content (AvgIpc) is 2.47. The first-order valence-electron chi connectivity index (χ1n) is 6.83. The van der Waals surface area contributed by atoms with E-state index < -0.39 is 10.0 Å². The number of rotatable bonds is 2. The Bertz CT molecular complexity index is 756. The van der Waals surface area contributed by atoms with Crippen LogP contribution in [0.25, 0.3) is 0 Å². The molecular formula is C16H16BrNO2S. The minimum absolute atomic E-state index is 0.210. The second-order valence-electron chi connectivity index (χ2n) is 5.22. The smallest absolute Gasteiger partial charge is 0.252 e. The van der Waals surface area contributed by atoms with Crippen LogP contribution in [0.4, 0.5) is 5.69 Å². The molecule has 1 unspecified atom stereocenters. The van der Waals surface area contributed by atoms with Gasteiger partial charge in [-0.2, -0.15) is 0 Å². The van der Waals surface area contributed by atoms with E-state index in [-0.39, 0.29) is 4.95 Å². The number of sulfonamides is 1. The van der Waals surface area contributed by atoms with Gasteiger partial charge in [0.1, 0.15) is 4.95 Å². The van der Waals surface area contributed by atoms with E-state index in [4.69, 9.17) is 0 Å². The van der Waals surface area contributed by atoms with Crippen LogP contribution < -0.4 is 4.31 Å². The lowest BCUT2D eigenvalue weighted by Gasteiger charge is -2.34. The number of anilines is 1. The lowest BCUT2D eigenvalue weighted by molar-refractivity contribution is 0.583. The molecule has 3 rings (SSSR count). The average molecular weight is 366 g/mol. The van der Waals surface area contributed by atoms with Gasteiger partial charge in [0.2, 0.25) is 0 Å². The zero-order valence-corrected chi connectivity index (χ0v) is 14.1. The number of aryl methyl sites for hydroxylation is 2. The van der Waals surface area contributed by atoms with Crippen molar-refractivity contribution in [1.29, 1.82) is 0 Å². The van der Waals surface area contributed by atoms with Gasteiger partial charge in [-0.25, -0.2) is 8.42 Å². The molecule has 0 amide bonds. The molecule has 0 radical (unpaired) electrons. The SMILES string of the molecule is Cc1ccc(S(=O)(=O)N2c3ccccc3CCC2Br)cc1. The largest absolute Gasteiger partial charge is 0.265 e. The number of para-hydroxylation sites is 1. The van der Waals surface area contributed by atoms with Crippen LogP contribution in [-0.2, 0) is 16.4 Å². The maximum Gasteiger partial charge on any atom is 0.265 e. The van der Waals surface area contributed by atoms with E-state index in [0.29, 0.717) is 4.90 Å². The first-order valence-corrected chi connectivity index (χ1v) is 9.19. The molecule has 1 atom stereocenters. The molecule has 0 saturated carbocycles. The zero-order chi connectivity index (χ0) is 15.0. The number of fused-ring (bicyclic) bond motifs is 1. The highest BCUT2D eigenvalue weighted by Crippen LogP contribution is 2.37. The standard InChI is InChI=1S/C16H16BrNO2S/c1-12-6-9-14(10-7-12)21(19,20)18-15-5-3-2-4-13(15)8-11-16(18)17/h2-7,9-10,16H,8,11H2,1H3.